The molecule has 7 heteroatoms. The van der Waals surface area contributed by atoms with Gasteiger partial charge in [0, 0.05) is 25.4 Å². The molecule has 1 fully saturated rings. The van der Waals surface area contributed by atoms with E-state index in [-0.39, 0.29) is 30.3 Å². The predicted molar refractivity (Wildman–Crippen MR) is 115 cm³/mol. The van der Waals surface area contributed by atoms with E-state index in [1.54, 1.807) is 0 Å². The van der Waals surface area contributed by atoms with E-state index in [4.69, 9.17) is 9.84 Å². The molecular formula is C24H26N2O5. The Morgan fingerprint density at radius 2 is 1.68 bits per heavy atom. The van der Waals surface area contributed by atoms with Gasteiger partial charge in [0.25, 0.3) is 0 Å². The number of benzene rings is 2. The lowest BCUT2D eigenvalue weighted by Gasteiger charge is -2.21. The fourth-order valence-corrected chi connectivity index (χ4v) is 4.26. The number of carbonyl (C=O) groups excluding carboxylic acids is 2. The zero-order valence-electron chi connectivity index (χ0n) is 17.6. The van der Waals surface area contributed by atoms with Gasteiger partial charge >= 0.3 is 12.1 Å². The van der Waals surface area contributed by atoms with Gasteiger partial charge in [-0.1, -0.05) is 48.5 Å². The van der Waals surface area contributed by atoms with Gasteiger partial charge in [0.15, 0.2) is 0 Å². The van der Waals surface area contributed by atoms with E-state index in [1.807, 2.05) is 24.3 Å². The van der Waals surface area contributed by atoms with E-state index in [1.165, 1.54) is 30.0 Å². The average Bonchev–Trinajstić information content (AvgIpc) is 3.49. The zero-order valence-corrected chi connectivity index (χ0v) is 17.6. The smallest absolute Gasteiger partial charge is 0.407 e. The lowest BCUT2D eigenvalue weighted by molar-refractivity contribution is -0.148. The Morgan fingerprint density at radius 3 is 2.26 bits per heavy atom. The first-order valence-corrected chi connectivity index (χ1v) is 10.5. The number of carboxylic acids is 1. The van der Waals surface area contributed by atoms with Gasteiger partial charge in [-0.15, -0.1) is 0 Å². The fraction of sp³-hybridized carbons (Fsp3) is 0.375. The van der Waals surface area contributed by atoms with E-state index in [2.05, 4.69) is 29.6 Å². The minimum Gasteiger partial charge on any atom is -0.480 e. The molecule has 0 spiro atoms. The van der Waals surface area contributed by atoms with Crippen molar-refractivity contribution >= 4 is 18.0 Å². The van der Waals surface area contributed by atoms with Crippen molar-refractivity contribution in [2.24, 2.45) is 11.8 Å². The molecule has 0 saturated heterocycles. The molecule has 7 nitrogen and oxygen atoms in total. The molecule has 162 valence electrons. The van der Waals surface area contributed by atoms with Crippen molar-refractivity contribution in [3.63, 3.8) is 0 Å². The van der Waals surface area contributed by atoms with Crippen molar-refractivity contribution in [2.45, 2.75) is 25.3 Å². The number of rotatable bonds is 7. The second kappa shape index (κ2) is 8.41. The normalized spacial score (nSPS) is 19.7. The molecule has 2 aromatic rings. The van der Waals surface area contributed by atoms with Crippen LogP contribution in [0, 0.1) is 11.8 Å². The number of amides is 2. The first-order valence-electron chi connectivity index (χ1n) is 10.5. The summed E-state index contributed by atoms with van der Waals surface area (Å²) in [7, 11) is 1.50. The van der Waals surface area contributed by atoms with Crippen molar-refractivity contribution in [1.29, 1.82) is 0 Å². The van der Waals surface area contributed by atoms with Crippen molar-refractivity contribution in [3.05, 3.63) is 59.7 Å². The van der Waals surface area contributed by atoms with Crippen molar-refractivity contribution in [2.75, 3.05) is 20.2 Å². The van der Waals surface area contributed by atoms with Gasteiger partial charge in [0.2, 0.25) is 5.91 Å². The quantitative estimate of drug-likeness (QED) is 0.715. The summed E-state index contributed by atoms with van der Waals surface area (Å²) in [6.45, 7) is 2.06. The molecule has 2 aliphatic carbocycles. The van der Waals surface area contributed by atoms with Gasteiger partial charge in [-0.2, -0.15) is 0 Å². The summed E-state index contributed by atoms with van der Waals surface area (Å²) in [6, 6.07) is 15.4. The summed E-state index contributed by atoms with van der Waals surface area (Å²) in [6.07, 6.45) is 0.131. The van der Waals surface area contributed by atoms with Crippen LogP contribution in [0.25, 0.3) is 11.1 Å². The van der Waals surface area contributed by atoms with Crippen molar-refractivity contribution < 1.29 is 24.2 Å². The van der Waals surface area contributed by atoms with Gasteiger partial charge in [0.05, 0.1) is 0 Å². The lowest BCUT2D eigenvalue weighted by atomic mass is 9.98. The van der Waals surface area contributed by atoms with Crippen LogP contribution in [-0.2, 0) is 14.3 Å². The fourth-order valence-electron chi connectivity index (χ4n) is 4.26. The largest absolute Gasteiger partial charge is 0.480 e. The number of carboxylic acid groups (broad SMARTS) is 1. The third-order valence-corrected chi connectivity index (χ3v) is 6.38. The molecule has 2 amide bonds. The van der Waals surface area contributed by atoms with Gasteiger partial charge in [0.1, 0.15) is 12.6 Å². The Labute approximate surface area is 181 Å². The third kappa shape index (κ3) is 4.13. The second-order valence-electron chi connectivity index (χ2n) is 8.27. The van der Waals surface area contributed by atoms with E-state index < -0.39 is 18.1 Å². The maximum atomic E-state index is 12.4. The third-order valence-electron chi connectivity index (χ3n) is 6.38. The molecule has 0 bridgehead atoms. The summed E-state index contributed by atoms with van der Waals surface area (Å²) >= 11 is 0. The van der Waals surface area contributed by atoms with Crippen LogP contribution in [0.5, 0.6) is 0 Å². The first kappa shape index (κ1) is 20.9. The molecule has 0 aromatic heterocycles. The Bertz CT molecular complexity index is 975. The molecule has 2 aromatic carbocycles. The molecule has 0 aliphatic heterocycles. The average molecular weight is 422 g/mol. The highest BCUT2D eigenvalue weighted by Crippen LogP contribution is 2.44. The highest BCUT2D eigenvalue weighted by Gasteiger charge is 2.45. The minimum atomic E-state index is -1.04. The van der Waals surface area contributed by atoms with Crippen LogP contribution in [-0.4, -0.2) is 54.2 Å². The van der Waals surface area contributed by atoms with Crippen molar-refractivity contribution in [3.8, 4) is 11.1 Å². The minimum absolute atomic E-state index is 0.000410. The highest BCUT2D eigenvalue weighted by atomic mass is 16.5. The molecule has 0 radical (unpaired) electrons. The maximum Gasteiger partial charge on any atom is 0.407 e. The van der Waals surface area contributed by atoms with E-state index >= 15 is 0 Å². The molecule has 3 atom stereocenters. The lowest BCUT2D eigenvalue weighted by Crippen LogP contribution is -2.41. The number of aliphatic carboxylic acids is 1. The Kier molecular flexibility index (Phi) is 5.67. The number of likely N-dealkylation sites (N-methyl/N-ethyl adjacent to an activating group) is 1. The summed E-state index contributed by atoms with van der Waals surface area (Å²) in [5.41, 5.74) is 4.65. The van der Waals surface area contributed by atoms with E-state index in [0.717, 1.165) is 11.1 Å². The number of ether oxygens (including phenoxy) is 1. The van der Waals surface area contributed by atoms with Gasteiger partial charge < -0.3 is 20.1 Å². The number of alkyl carbamates (subject to hydrolysis) is 1. The van der Waals surface area contributed by atoms with Gasteiger partial charge in [-0.25, -0.2) is 9.59 Å². The monoisotopic (exact) mass is 422 g/mol. The van der Waals surface area contributed by atoms with Crippen LogP contribution in [0.4, 0.5) is 4.79 Å². The molecule has 4 rings (SSSR count). The number of carbonyl (C=O) groups is 3. The summed E-state index contributed by atoms with van der Waals surface area (Å²) < 4.78 is 5.51. The molecule has 31 heavy (non-hydrogen) atoms. The molecule has 1 unspecified atom stereocenters. The topological polar surface area (TPSA) is 95.9 Å². The maximum absolute atomic E-state index is 12.4. The Morgan fingerprint density at radius 1 is 1.10 bits per heavy atom. The highest BCUT2D eigenvalue weighted by molar-refractivity contribution is 5.86. The number of nitrogens with zero attached hydrogens (tertiary/aromatic N) is 1. The Balaban J connectivity index is 1.28. The summed E-state index contributed by atoms with van der Waals surface area (Å²) in [5.74, 6) is -1.48. The van der Waals surface area contributed by atoms with Crippen molar-refractivity contribution in [1.82, 2.24) is 10.2 Å². The standard InChI is InChI=1S/C24H26N2O5/c1-14(23(28)29)26(2)22(27)20-11-15(20)12-25-24(30)31-13-21-18-9-5-3-7-16(18)17-8-4-6-10-19(17)21/h3-10,14-15,20-21H,11-13H2,1-2H3,(H,25,30)(H,28,29)/t14?,15-,20-/m1/s1. The van der Waals surface area contributed by atoms with Crippen LogP contribution in [0.15, 0.2) is 48.5 Å². The first-order chi connectivity index (χ1) is 14.9. The SMILES string of the molecule is CC(C(=O)O)N(C)C(=O)[C@@H]1C[C@@H]1CNC(=O)OCC1c2ccccc2-c2ccccc21. The molecule has 2 N–H and O–H groups in total. The van der Waals surface area contributed by atoms with Crippen LogP contribution < -0.4 is 5.32 Å². The summed E-state index contributed by atoms with van der Waals surface area (Å²) in [5, 5.41) is 11.8. The molecule has 2 aliphatic rings. The second-order valence-corrected chi connectivity index (χ2v) is 8.27. The van der Waals surface area contributed by atoms with Gasteiger partial charge in [-0.05, 0) is 41.5 Å². The summed E-state index contributed by atoms with van der Waals surface area (Å²) in [4.78, 5) is 36.9. The van der Waals surface area contributed by atoms with Crippen LogP contribution in [0.1, 0.15) is 30.4 Å². The number of nitrogens with one attached hydrogen (secondary N) is 1. The van der Waals surface area contributed by atoms with Gasteiger partial charge in [-0.3, -0.25) is 4.79 Å². The van der Waals surface area contributed by atoms with E-state index in [9.17, 15) is 14.4 Å². The predicted octanol–water partition coefficient (Wildman–Crippen LogP) is 3.09. The molecule has 0 heterocycles. The molecule has 1 saturated carbocycles. The van der Waals surface area contributed by atoms with Crippen LogP contribution >= 0.6 is 0 Å². The zero-order chi connectivity index (χ0) is 22.1. The number of hydrogen-bond acceptors (Lipinski definition) is 4. The van der Waals surface area contributed by atoms with E-state index in [0.29, 0.717) is 13.0 Å². The van der Waals surface area contributed by atoms with Crippen LogP contribution in [0.3, 0.4) is 0 Å². The molecular weight excluding hydrogens is 396 g/mol. The number of fused-ring (bicyclic) bond motifs is 3. The van der Waals surface area contributed by atoms with Crippen LogP contribution in [0.2, 0.25) is 0 Å². The Hall–Kier alpha value is -3.35. The number of hydrogen-bond donors (Lipinski definition) is 2.